The third kappa shape index (κ3) is 6.60. The summed E-state index contributed by atoms with van der Waals surface area (Å²) in [7, 11) is 1.57. The molecule has 3 N–H and O–H groups in total. The van der Waals surface area contributed by atoms with E-state index >= 15 is 0 Å². The second-order valence-corrected chi connectivity index (χ2v) is 8.00. The van der Waals surface area contributed by atoms with E-state index in [1.807, 2.05) is 61.5 Å². The number of nitrogens with two attached hydrogens (primary N) is 1. The first-order valence-corrected chi connectivity index (χ1v) is 11.6. The lowest BCUT2D eigenvalue weighted by atomic mass is 10.1. The average molecular weight is 481 g/mol. The van der Waals surface area contributed by atoms with E-state index in [-0.39, 0.29) is 36.9 Å². The fourth-order valence-corrected chi connectivity index (χ4v) is 3.87. The largest absolute Gasteiger partial charge is 0.494 e. The topological polar surface area (TPSA) is 120 Å². The maximum absolute atomic E-state index is 13.4. The number of nitrogens with one attached hydrogen (secondary N) is 1. The minimum absolute atomic E-state index is 0.0280. The van der Waals surface area contributed by atoms with Crippen molar-refractivity contribution >= 4 is 17.4 Å². The van der Waals surface area contributed by atoms with Gasteiger partial charge in [-0.15, -0.1) is 0 Å². The first-order valence-electron chi connectivity index (χ1n) is 11.6. The molecule has 0 spiro atoms. The second kappa shape index (κ2) is 12.6. The molecule has 186 valence electrons. The molecule has 0 aliphatic rings. The van der Waals surface area contributed by atoms with Crippen molar-refractivity contribution in [3.8, 4) is 5.75 Å². The molecule has 0 unspecified atom stereocenters. The van der Waals surface area contributed by atoms with E-state index in [2.05, 4.69) is 4.98 Å². The zero-order valence-corrected chi connectivity index (χ0v) is 20.2. The summed E-state index contributed by atoms with van der Waals surface area (Å²) >= 11 is 0. The van der Waals surface area contributed by atoms with Gasteiger partial charge in [-0.3, -0.25) is 19.1 Å². The number of hydrogen-bond acceptors (Lipinski definition) is 6. The monoisotopic (exact) mass is 480 g/mol. The van der Waals surface area contributed by atoms with Crippen LogP contribution in [0.15, 0.2) is 64.2 Å². The van der Waals surface area contributed by atoms with Gasteiger partial charge in [-0.1, -0.05) is 48.5 Å². The summed E-state index contributed by atoms with van der Waals surface area (Å²) in [6, 6.07) is 16.8. The summed E-state index contributed by atoms with van der Waals surface area (Å²) in [5.74, 6) is 0.389. The van der Waals surface area contributed by atoms with E-state index in [0.29, 0.717) is 26.1 Å². The number of methoxy groups -OCH3 is 1. The molecule has 35 heavy (non-hydrogen) atoms. The summed E-state index contributed by atoms with van der Waals surface area (Å²) in [6.45, 7) is 3.20. The Labute approximate surface area is 204 Å². The van der Waals surface area contributed by atoms with Crippen molar-refractivity contribution in [3.63, 3.8) is 0 Å². The molecule has 9 heteroatoms. The van der Waals surface area contributed by atoms with Gasteiger partial charge in [0.15, 0.2) is 5.69 Å². The molecule has 1 amide bonds. The molecule has 1 aromatic heterocycles. The van der Waals surface area contributed by atoms with Gasteiger partial charge in [-0.05, 0) is 37.0 Å². The van der Waals surface area contributed by atoms with E-state index in [4.69, 9.17) is 15.2 Å². The van der Waals surface area contributed by atoms with Gasteiger partial charge in [0.1, 0.15) is 11.6 Å². The lowest BCUT2D eigenvalue weighted by Crippen LogP contribution is -2.42. The Hall–Kier alpha value is -3.85. The number of benzene rings is 2. The molecule has 0 saturated carbocycles. The fraction of sp³-hybridized carbons (Fsp3) is 0.346. The first-order chi connectivity index (χ1) is 17.0. The number of aryl methyl sites for hydroxylation is 1. The fourth-order valence-electron chi connectivity index (χ4n) is 3.87. The van der Waals surface area contributed by atoms with Crippen LogP contribution in [0.1, 0.15) is 30.9 Å². The highest BCUT2D eigenvalue weighted by atomic mass is 16.5. The number of aromatic nitrogens is 2. The molecule has 9 nitrogen and oxygen atoms in total. The number of rotatable bonds is 12. The van der Waals surface area contributed by atoms with Crippen LogP contribution in [0.5, 0.6) is 5.75 Å². The van der Waals surface area contributed by atoms with Crippen molar-refractivity contribution in [3.05, 3.63) is 86.6 Å². The van der Waals surface area contributed by atoms with Crippen LogP contribution < -0.4 is 26.6 Å². The molecule has 3 aromatic rings. The maximum Gasteiger partial charge on any atom is 0.330 e. The molecular formula is C26H32N4O5. The molecule has 0 saturated heterocycles. The van der Waals surface area contributed by atoms with Crippen LogP contribution in [0.4, 0.5) is 11.5 Å². The van der Waals surface area contributed by atoms with E-state index < -0.39 is 11.2 Å². The summed E-state index contributed by atoms with van der Waals surface area (Å²) in [5.41, 5.74) is 6.73. The number of aromatic amines is 1. The zero-order chi connectivity index (χ0) is 25.2. The van der Waals surface area contributed by atoms with Crippen LogP contribution >= 0.6 is 0 Å². The Kier molecular flexibility index (Phi) is 9.25. The van der Waals surface area contributed by atoms with Gasteiger partial charge in [-0.2, -0.15) is 0 Å². The minimum Gasteiger partial charge on any atom is -0.494 e. The third-order valence-corrected chi connectivity index (χ3v) is 5.58. The van der Waals surface area contributed by atoms with Crippen molar-refractivity contribution in [2.24, 2.45) is 0 Å². The summed E-state index contributed by atoms with van der Waals surface area (Å²) in [5, 5.41) is 0. The molecule has 3 rings (SSSR count). The number of amides is 1. The number of hydrogen-bond donors (Lipinski definition) is 2. The second-order valence-electron chi connectivity index (χ2n) is 8.00. The summed E-state index contributed by atoms with van der Waals surface area (Å²) in [4.78, 5) is 42.5. The number of carbonyl (C=O) groups excluding carboxylic acids is 1. The Morgan fingerprint density at radius 2 is 1.80 bits per heavy atom. The standard InChI is InChI=1S/C26H32N4O5/c1-3-35-21-13-8-7-12-20(21)14-15-22(31)29(16-9-17-34-2)23-24(27)30(26(33)28-25(23)32)18-19-10-5-4-6-11-19/h4-8,10-13H,3,9,14-18,27H2,1-2H3,(H,28,32,33). The number of nitrogens with zero attached hydrogens (tertiary/aromatic N) is 2. The first kappa shape index (κ1) is 25.8. The van der Waals surface area contributed by atoms with Gasteiger partial charge in [-0.25, -0.2) is 4.79 Å². The molecule has 1 heterocycles. The smallest absolute Gasteiger partial charge is 0.330 e. The van der Waals surface area contributed by atoms with Crippen LogP contribution in [0.2, 0.25) is 0 Å². The Morgan fingerprint density at radius 3 is 2.51 bits per heavy atom. The van der Waals surface area contributed by atoms with Crippen LogP contribution in [-0.4, -0.2) is 42.3 Å². The predicted molar refractivity (Wildman–Crippen MR) is 136 cm³/mol. The maximum atomic E-state index is 13.4. The van der Waals surface area contributed by atoms with Gasteiger partial charge in [0.2, 0.25) is 5.91 Å². The van der Waals surface area contributed by atoms with Gasteiger partial charge >= 0.3 is 5.69 Å². The minimum atomic E-state index is -0.697. The molecule has 0 aliphatic heterocycles. The SMILES string of the molecule is CCOc1ccccc1CCC(=O)N(CCCOC)c1c(N)n(Cc2ccccc2)c(=O)[nH]c1=O. The van der Waals surface area contributed by atoms with E-state index in [9.17, 15) is 14.4 Å². The highest BCUT2D eigenvalue weighted by Gasteiger charge is 2.24. The number of para-hydroxylation sites is 1. The Bertz CT molecular complexity index is 1240. The van der Waals surface area contributed by atoms with Crippen molar-refractivity contribution in [1.29, 1.82) is 0 Å². The quantitative estimate of drug-likeness (QED) is 0.385. The highest BCUT2D eigenvalue weighted by Crippen LogP contribution is 2.23. The molecule has 0 bridgehead atoms. The van der Waals surface area contributed by atoms with E-state index in [1.165, 1.54) is 9.47 Å². The Morgan fingerprint density at radius 1 is 1.09 bits per heavy atom. The third-order valence-electron chi connectivity index (χ3n) is 5.58. The van der Waals surface area contributed by atoms with Gasteiger partial charge in [0, 0.05) is 26.7 Å². The number of carbonyl (C=O) groups is 1. The van der Waals surface area contributed by atoms with E-state index in [1.54, 1.807) is 7.11 Å². The zero-order valence-electron chi connectivity index (χ0n) is 20.2. The van der Waals surface area contributed by atoms with Gasteiger partial charge < -0.3 is 20.1 Å². The molecule has 0 radical (unpaired) electrons. The van der Waals surface area contributed by atoms with Crippen molar-refractivity contribution in [1.82, 2.24) is 9.55 Å². The molecule has 2 aromatic carbocycles. The lowest BCUT2D eigenvalue weighted by Gasteiger charge is -2.25. The number of H-pyrrole nitrogens is 1. The van der Waals surface area contributed by atoms with Crippen LogP contribution in [0, 0.1) is 0 Å². The molecule has 0 atom stereocenters. The molecular weight excluding hydrogens is 448 g/mol. The normalized spacial score (nSPS) is 10.8. The summed E-state index contributed by atoms with van der Waals surface area (Å²) in [6.07, 6.45) is 1.06. The van der Waals surface area contributed by atoms with Crippen molar-refractivity contribution in [2.75, 3.05) is 37.5 Å². The van der Waals surface area contributed by atoms with Crippen molar-refractivity contribution < 1.29 is 14.3 Å². The summed E-state index contributed by atoms with van der Waals surface area (Å²) < 4.78 is 12.1. The Balaban J connectivity index is 1.93. The number of anilines is 2. The molecule has 0 aliphatic carbocycles. The lowest BCUT2D eigenvalue weighted by molar-refractivity contribution is -0.118. The predicted octanol–water partition coefficient (Wildman–Crippen LogP) is 2.57. The number of nitrogen functional groups attached to an aromatic ring is 1. The van der Waals surface area contributed by atoms with Gasteiger partial charge in [0.05, 0.1) is 13.2 Å². The average Bonchev–Trinajstić information content (AvgIpc) is 2.85. The van der Waals surface area contributed by atoms with Crippen LogP contribution in [0.25, 0.3) is 0 Å². The van der Waals surface area contributed by atoms with Crippen LogP contribution in [0.3, 0.4) is 0 Å². The number of ether oxygens (including phenoxy) is 2. The van der Waals surface area contributed by atoms with Gasteiger partial charge in [0.25, 0.3) is 5.56 Å². The van der Waals surface area contributed by atoms with Crippen LogP contribution in [-0.2, 0) is 22.5 Å². The van der Waals surface area contributed by atoms with Crippen molar-refractivity contribution in [2.45, 2.75) is 32.7 Å². The van der Waals surface area contributed by atoms with E-state index in [0.717, 1.165) is 16.9 Å². The molecule has 0 fully saturated rings. The highest BCUT2D eigenvalue weighted by molar-refractivity contribution is 5.95.